The molecule has 107 heavy (non-hydrogen) atoms. The number of carbonyl (C=O) groups is 3. The predicted octanol–water partition coefficient (Wildman–Crippen LogP) is 9.26. The second-order valence-electron chi connectivity index (χ2n) is 26.6. The van der Waals surface area contributed by atoms with Crippen LogP contribution in [-0.2, 0) is 113 Å². The Morgan fingerprint density at radius 1 is 0.383 bits per heavy atom. The van der Waals surface area contributed by atoms with Crippen LogP contribution in [0.3, 0.4) is 0 Å². The molecular weight excluding hydrogens is 1380 g/mol. The molecule has 8 aliphatic rings. The van der Waals surface area contributed by atoms with Gasteiger partial charge in [-0.15, -0.1) is 0 Å². The van der Waals surface area contributed by atoms with Gasteiger partial charge < -0.3 is 105 Å². The summed E-state index contributed by atoms with van der Waals surface area (Å²) in [6, 6.07) is 73.2. The molecule has 0 saturated carbocycles. The number of carbonyl (C=O) groups excluding carboxylic acids is 3. The van der Waals surface area contributed by atoms with Crippen LogP contribution in [0.2, 0.25) is 0 Å². The van der Waals surface area contributed by atoms with Crippen molar-refractivity contribution in [3.8, 4) is 0 Å². The van der Waals surface area contributed by atoms with E-state index in [4.69, 9.17) is 94.7 Å². The lowest BCUT2D eigenvalue weighted by Crippen LogP contribution is -2.72. The van der Waals surface area contributed by atoms with Crippen molar-refractivity contribution in [2.24, 2.45) is 0 Å². The van der Waals surface area contributed by atoms with E-state index in [-0.39, 0.29) is 45.2 Å². The van der Waals surface area contributed by atoms with Crippen LogP contribution in [0.1, 0.15) is 79.3 Å². The molecule has 22 atom stereocenters. The maximum absolute atomic E-state index is 14.4. The normalized spacial score (nSPS) is 32.9. The van der Waals surface area contributed by atoms with Crippen molar-refractivity contribution >= 4 is 17.7 Å². The molecule has 16 rings (SSSR count). The smallest absolute Gasteiger partial charge is 0.338 e. The highest BCUT2D eigenvalue weighted by Crippen LogP contribution is 2.45. The number of fused-ring (bicyclic) bond motifs is 4. The average molecular weight is 1470 g/mol. The minimum atomic E-state index is -2.82. The van der Waals surface area contributed by atoms with Crippen LogP contribution in [0.4, 0.5) is 0 Å². The Kier molecular flexibility index (Phi) is 23.8. The fraction of sp³-hybridized carbons (Fsp3) is 0.378. The monoisotopic (exact) mass is 1470 g/mol. The van der Waals surface area contributed by atoms with E-state index in [0.29, 0.717) is 11.1 Å². The molecule has 8 fully saturated rings. The van der Waals surface area contributed by atoms with Gasteiger partial charge in [0, 0.05) is 36.5 Å². The fourth-order valence-electron chi connectivity index (χ4n) is 14.2. The van der Waals surface area contributed by atoms with E-state index in [1.807, 2.05) is 182 Å². The predicted molar refractivity (Wildman–Crippen MR) is 372 cm³/mol. The SMILES string of the molecule is CO[C@@H]1C(OC(=O)c2ccccc2)[C@H](O[C@@H]2C(=O)[C@H](OCc3ccccc3)OC3COC(c4ccccc4)O[C@H]32)OC2COC(c3ccccc3)O[C@H]21.CO[C@@H]1C(OC(=O)c2ccccc2)[C@H](O[C@H]2[C@@H]3OC(c4ccccc4)OCC3O[C@@H](OCc3ccccc3)C2(O)O)OC2COC(c3ccccc3)O[C@H]21. The largest absolute Gasteiger partial charge is 0.450 e. The molecule has 0 bridgehead atoms. The Balaban J connectivity index is 0.000000171. The summed E-state index contributed by atoms with van der Waals surface area (Å²) in [5.41, 5.74) is 5.28. The van der Waals surface area contributed by atoms with Crippen molar-refractivity contribution in [2.45, 2.75) is 155 Å². The Morgan fingerprint density at radius 3 is 1.12 bits per heavy atom. The zero-order valence-electron chi connectivity index (χ0n) is 58.3. The van der Waals surface area contributed by atoms with E-state index < -0.39 is 159 Å². The van der Waals surface area contributed by atoms with Crippen molar-refractivity contribution < 1.29 is 119 Å². The number of aliphatic hydroxyl groups is 2. The fourth-order valence-corrected chi connectivity index (χ4v) is 14.2. The van der Waals surface area contributed by atoms with Crippen LogP contribution in [0.5, 0.6) is 0 Å². The Bertz CT molecular complexity index is 4120. The lowest BCUT2D eigenvalue weighted by molar-refractivity contribution is -0.458. The first-order chi connectivity index (χ1) is 52.4. The molecule has 0 aliphatic carbocycles. The first-order valence-corrected chi connectivity index (χ1v) is 35.5. The molecule has 560 valence electrons. The lowest BCUT2D eigenvalue weighted by atomic mass is 9.93. The van der Waals surface area contributed by atoms with Crippen molar-refractivity contribution in [2.75, 3.05) is 40.6 Å². The van der Waals surface area contributed by atoms with E-state index in [0.717, 1.165) is 27.8 Å². The maximum atomic E-state index is 14.4. The molecule has 8 aliphatic heterocycles. The molecule has 0 radical (unpaired) electrons. The lowest BCUT2D eigenvalue weighted by Gasteiger charge is -2.53. The molecule has 8 aromatic carbocycles. The van der Waals surface area contributed by atoms with Gasteiger partial charge in [0.15, 0.2) is 56.1 Å². The van der Waals surface area contributed by atoms with Crippen LogP contribution >= 0.6 is 0 Å². The number of Topliss-reactive ketones (excluding diaryl/α,β-unsaturated/α-hetero) is 1. The summed E-state index contributed by atoms with van der Waals surface area (Å²) in [4.78, 5) is 41.6. The summed E-state index contributed by atoms with van der Waals surface area (Å²) in [7, 11) is 2.97. The van der Waals surface area contributed by atoms with Gasteiger partial charge in [0.2, 0.25) is 24.2 Å². The first-order valence-electron chi connectivity index (χ1n) is 35.5. The van der Waals surface area contributed by atoms with Gasteiger partial charge in [0.25, 0.3) is 0 Å². The van der Waals surface area contributed by atoms with Crippen LogP contribution in [0.15, 0.2) is 243 Å². The van der Waals surface area contributed by atoms with E-state index in [1.54, 1.807) is 60.7 Å². The summed E-state index contributed by atoms with van der Waals surface area (Å²) in [6.45, 7) is 0.387. The molecule has 8 heterocycles. The second kappa shape index (κ2) is 34.4. The first kappa shape index (κ1) is 74.1. The standard InChI is InChI=1S/C41H42O13.C41H40O12/c1-45-33-31-29(23-46-37(52-31)27-18-10-4-11-19-27)49-39(34(33)51-36(42)26-16-8-3-9-17-26)54-35-32-30(24-47-38(53-32)28-20-12-5-13-21-28)50-40(41(35,43)44)48-22-25-14-6-2-7-15-25;1-44-35-33-30(24-47-39(52-33)28-20-12-5-13-21-28)49-41(36(35)50-37(43)26-16-8-3-9-17-26)53-34-31(42)40(45-22-25-14-6-2-7-15-25)48-29-23-46-38(51-32(29)34)27-18-10-4-11-19-27/h2-21,29-35,37-40,43-44H,22-24H2,1H3;2-21,29-30,32-36,38-41H,22-24H2,1H3/t29?,30?,31-,32-,33+,34?,35+,37?,38?,39+,40-;29?,30?,32-,33-,34-,35+,36?,38?,39?,40-,41+/m11/s1. The van der Waals surface area contributed by atoms with E-state index >= 15 is 0 Å². The molecule has 0 spiro atoms. The topological polar surface area (TPSA) is 276 Å². The number of hydrogen-bond acceptors (Lipinski definition) is 25. The number of hydrogen-bond donors (Lipinski definition) is 2. The molecule has 25 nitrogen and oxygen atoms in total. The molecule has 0 amide bonds. The van der Waals surface area contributed by atoms with Gasteiger partial charge in [-0.3, -0.25) is 4.79 Å². The van der Waals surface area contributed by atoms with Gasteiger partial charge in [-0.05, 0) is 35.4 Å². The van der Waals surface area contributed by atoms with Crippen molar-refractivity contribution in [3.05, 3.63) is 287 Å². The van der Waals surface area contributed by atoms with E-state index in [2.05, 4.69) is 0 Å². The van der Waals surface area contributed by atoms with Gasteiger partial charge in [0.1, 0.15) is 67.1 Å². The Labute approximate surface area is 617 Å². The Morgan fingerprint density at radius 2 is 0.720 bits per heavy atom. The van der Waals surface area contributed by atoms with Crippen LogP contribution in [0, 0.1) is 0 Å². The van der Waals surface area contributed by atoms with Gasteiger partial charge in [0.05, 0.1) is 50.8 Å². The minimum Gasteiger partial charge on any atom is -0.450 e. The number of benzene rings is 8. The molecule has 8 aromatic rings. The third kappa shape index (κ3) is 16.9. The summed E-state index contributed by atoms with van der Waals surface area (Å²) in [5.74, 6) is -4.65. The number of methoxy groups -OCH3 is 2. The van der Waals surface area contributed by atoms with Crippen LogP contribution < -0.4 is 0 Å². The molecule has 10 unspecified atom stereocenters. The molecule has 25 heteroatoms. The van der Waals surface area contributed by atoms with Crippen LogP contribution in [-0.4, -0.2) is 185 Å². The maximum Gasteiger partial charge on any atom is 0.338 e. The summed E-state index contributed by atoms with van der Waals surface area (Å²) < 4.78 is 125. The third-order valence-electron chi connectivity index (χ3n) is 19.5. The van der Waals surface area contributed by atoms with Gasteiger partial charge >= 0.3 is 11.9 Å². The Hall–Kier alpha value is -8.43. The highest BCUT2D eigenvalue weighted by atomic mass is 16.8. The van der Waals surface area contributed by atoms with E-state index in [1.165, 1.54) is 14.2 Å². The van der Waals surface area contributed by atoms with Gasteiger partial charge in [-0.2, -0.15) is 0 Å². The van der Waals surface area contributed by atoms with Gasteiger partial charge in [-0.25, -0.2) is 9.59 Å². The van der Waals surface area contributed by atoms with Crippen molar-refractivity contribution in [1.29, 1.82) is 0 Å². The van der Waals surface area contributed by atoms with Crippen molar-refractivity contribution in [3.63, 3.8) is 0 Å². The third-order valence-corrected chi connectivity index (χ3v) is 19.5. The number of ether oxygens (including phenoxy) is 20. The summed E-state index contributed by atoms with van der Waals surface area (Å²) in [5, 5.41) is 24.0. The number of ketones is 1. The number of esters is 2. The zero-order valence-corrected chi connectivity index (χ0v) is 58.3. The van der Waals surface area contributed by atoms with Gasteiger partial charge in [-0.1, -0.05) is 218 Å². The van der Waals surface area contributed by atoms with E-state index in [9.17, 15) is 24.6 Å². The zero-order chi connectivity index (χ0) is 73.2. The summed E-state index contributed by atoms with van der Waals surface area (Å²) >= 11 is 0. The highest BCUT2D eigenvalue weighted by molar-refractivity contribution is 5.90. The highest BCUT2D eigenvalue weighted by Gasteiger charge is 2.63. The number of rotatable bonds is 20. The quantitative estimate of drug-likeness (QED) is 0.0531. The molecule has 2 N–H and O–H groups in total. The average Bonchev–Trinajstić information content (AvgIpc) is 0.749. The summed E-state index contributed by atoms with van der Waals surface area (Å²) in [6.07, 6.45) is -22.7. The second-order valence-corrected chi connectivity index (χ2v) is 26.6. The minimum absolute atomic E-state index is 0.00313. The molecular formula is C82H82O25. The van der Waals surface area contributed by atoms with Crippen molar-refractivity contribution in [1.82, 2.24) is 0 Å². The van der Waals surface area contributed by atoms with Crippen LogP contribution in [0.25, 0.3) is 0 Å². The molecule has 8 saturated heterocycles. The molecule has 0 aromatic heterocycles.